The van der Waals surface area contributed by atoms with Gasteiger partial charge in [0.15, 0.2) is 11.5 Å². The van der Waals surface area contributed by atoms with Crippen LogP contribution in [0.1, 0.15) is 21.6 Å². The van der Waals surface area contributed by atoms with E-state index in [-0.39, 0.29) is 5.78 Å². The van der Waals surface area contributed by atoms with Gasteiger partial charge in [-0.3, -0.25) is 4.79 Å². The van der Waals surface area contributed by atoms with Gasteiger partial charge in [-0.2, -0.15) is 0 Å². The fourth-order valence-electron chi connectivity index (χ4n) is 3.55. The number of hydrogen-bond donors (Lipinski definition) is 1. The summed E-state index contributed by atoms with van der Waals surface area (Å²) in [5.74, 6) is 1.09. The summed E-state index contributed by atoms with van der Waals surface area (Å²) < 4.78 is 16.0. The van der Waals surface area contributed by atoms with Crippen LogP contribution in [0.25, 0.3) is 11.3 Å². The molecule has 29 heavy (non-hydrogen) atoms. The van der Waals surface area contributed by atoms with Crippen molar-refractivity contribution < 1.29 is 19.0 Å². The molecule has 1 N–H and O–H groups in total. The molecule has 0 unspecified atom stereocenters. The van der Waals surface area contributed by atoms with Gasteiger partial charge in [-0.15, -0.1) is 0 Å². The maximum atomic E-state index is 13.1. The van der Waals surface area contributed by atoms with Crippen molar-refractivity contribution in [2.24, 2.45) is 0 Å². The standard InChI is InChI=1S/C23H22N2O4/c1-27-20-12-16(13-21(28-2)23(20)29-3)22(26)19-6-4-5-18(25-19)14-7-8-17-15(11-14)9-10-24-17/h4-8,11-13,24H,9-10H2,1-3H3. The third-order valence-electron chi connectivity index (χ3n) is 5.02. The Morgan fingerprint density at radius 3 is 2.41 bits per heavy atom. The molecule has 0 amide bonds. The first-order valence-electron chi connectivity index (χ1n) is 9.33. The van der Waals surface area contributed by atoms with Gasteiger partial charge in [0.05, 0.1) is 27.0 Å². The minimum atomic E-state index is -0.214. The fraction of sp³-hybridized carbons (Fsp3) is 0.217. The molecule has 1 aromatic heterocycles. The van der Waals surface area contributed by atoms with E-state index in [0.717, 1.165) is 24.2 Å². The molecule has 6 nitrogen and oxygen atoms in total. The van der Waals surface area contributed by atoms with Crippen molar-refractivity contribution in [3.63, 3.8) is 0 Å². The number of nitrogens with one attached hydrogen (secondary N) is 1. The molecule has 0 fully saturated rings. The lowest BCUT2D eigenvalue weighted by Gasteiger charge is -2.13. The van der Waals surface area contributed by atoms with Gasteiger partial charge >= 0.3 is 0 Å². The molecule has 148 valence electrons. The Hall–Kier alpha value is -3.54. The molecular formula is C23H22N2O4. The molecule has 1 aliphatic rings. The Labute approximate surface area is 169 Å². The second-order valence-electron chi connectivity index (χ2n) is 6.70. The van der Waals surface area contributed by atoms with E-state index in [0.29, 0.717) is 28.5 Å². The number of fused-ring (bicyclic) bond motifs is 1. The maximum absolute atomic E-state index is 13.1. The third kappa shape index (κ3) is 3.49. The van der Waals surface area contributed by atoms with Crippen LogP contribution in [0.3, 0.4) is 0 Å². The minimum Gasteiger partial charge on any atom is -0.493 e. The quantitative estimate of drug-likeness (QED) is 0.642. The molecule has 0 bridgehead atoms. The number of nitrogens with zero attached hydrogens (tertiary/aromatic N) is 1. The van der Waals surface area contributed by atoms with E-state index < -0.39 is 0 Å². The normalized spacial score (nSPS) is 12.1. The van der Waals surface area contributed by atoms with Crippen molar-refractivity contribution in [2.75, 3.05) is 33.2 Å². The highest BCUT2D eigenvalue weighted by Crippen LogP contribution is 2.38. The lowest BCUT2D eigenvalue weighted by Crippen LogP contribution is -2.06. The largest absolute Gasteiger partial charge is 0.493 e. The molecule has 2 aromatic carbocycles. The van der Waals surface area contributed by atoms with Gasteiger partial charge in [0.1, 0.15) is 5.69 Å². The van der Waals surface area contributed by atoms with E-state index in [1.165, 1.54) is 32.6 Å². The number of ether oxygens (including phenoxy) is 3. The van der Waals surface area contributed by atoms with Crippen molar-refractivity contribution in [3.8, 4) is 28.5 Å². The zero-order valence-corrected chi connectivity index (χ0v) is 16.6. The van der Waals surface area contributed by atoms with Crippen molar-refractivity contribution in [3.05, 3.63) is 65.4 Å². The number of carbonyl (C=O) groups is 1. The molecule has 3 aromatic rings. The summed E-state index contributed by atoms with van der Waals surface area (Å²) in [7, 11) is 4.57. The van der Waals surface area contributed by atoms with Crippen LogP contribution >= 0.6 is 0 Å². The molecular weight excluding hydrogens is 368 g/mol. The Morgan fingerprint density at radius 1 is 0.966 bits per heavy atom. The highest BCUT2D eigenvalue weighted by atomic mass is 16.5. The second-order valence-corrected chi connectivity index (χ2v) is 6.70. The predicted octanol–water partition coefficient (Wildman–Crippen LogP) is 3.97. The first-order chi connectivity index (χ1) is 14.1. The van der Waals surface area contributed by atoms with Crippen molar-refractivity contribution in [1.29, 1.82) is 0 Å². The first-order valence-corrected chi connectivity index (χ1v) is 9.33. The zero-order valence-electron chi connectivity index (χ0n) is 16.6. The van der Waals surface area contributed by atoms with Crippen molar-refractivity contribution >= 4 is 11.5 Å². The summed E-state index contributed by atoms with van der Waals surface area (Å²) in [4.78, 5) is 17.7. The van der Waals surface area contributed by atoms with E-state index in [1.807, 2.05) is 18.2 Å². The molecule has 0 saturated carbocycles. The van der Waals surface area contributed by atoms with Gasteiger partial charge in [-0.25, -0.2) is 4.98 Å². The Kier molecular flexibility index (Phi) is 5.08. The van der Waals surface area contributed by atoms with Crippen LogP contribution in [-0.2, 0) is 6.42 Å². The molecule has 0 saturated heterocycles. The molecule has 0 aliphatic carbocycles. The summed E-state index contributed by atoms with van der Waals surface area (Å²) in [6.45, 7) is 0.950. The topological polar surface area (TPSA) is 69.7 Å². The van der Waals surface area contributed by atoms with E-state index in [2.05, 4.69) is 22.4 Å². The molecule has 6 heteroatoms. The summed E-state index contributed by atoms with van der Waals surface area (Å²) in [5.41, 5.74) is 4.96. The van der Waals surface area contributed by atoms with Gasteiger partial charge in [0.25, 0.3) is 0 Å². The van der Waals surface area contributed by atoms with E-state index in [1.54, 1.807) is 18.2 Å². The predicted molar refractivity (Wildman–Crippen MR) is 111 cm³/mol. The first kappa shape index (κ1) is 18.8. The fourth-order valence-corrected chi connectivity index (χ4v) is 3.55. The number of ketones is 1. The van der Waals surface area contributed by atoms with Crippen LogP contribution in [0.5, 0.6) is 17.2 Å². The van der Waals surface area contributed by atoms with Gasteiger partial charge in [-0.1, -0.05) is 12.1 Å². The van der Waals surface area contributed by atoms with Crippen LogP contribution in [-0.4, -0.2) is 38.6 Å². The van der Waals surface area contributed by atoms with Crippen LogP contribution in [0, 0.1) is 0 Å². The average molecular weight is 390 g/mol. The number of benzene rings is 2. The smallest absolute Gasteiger partial charge is 0.211 e. The number of rotatable bonds is 6. The number of hydrogen-bond acceptors (Lipinski definition) is 6. The molecule has 1 aliphatic heterocycles. The Morgan fingerprint density at radius 2 is 1.72 bits per heavy atom. The number of methoxy groups -OCH3 is 3. The van der Waals surface area contributed by atoms with Crippen LogP contribution < -0.4 is 19.5 Å². The number of anilines is 1. The minimum absolute atomic E-state index is 0.214. The van der Waals surface area contributed by atoms with Gasteiger partial charge in [0, 0.05) is 23.4 Å². The second kappa shape index (κ2) is 7.83. The van der Waals surface area contributed by atoms with E-state index >= 15 is 0 Å². The van der Waals surface area contributed by atoms with Crippen LogP contribution in [0.4, 0.5) is 5.69 Å². The monoisotopic (exact) mass is 390 g/mol. The highest BCUT2D eigenvalue weighted by Gasteiger charge is 2.19. The zero-order chi connectivity index (χ0) is 20.4. The number of pyridine rings is 1. The van der Waals surface area contributed by atoms with Gasteiger partial charge < -0.3 is 19.5 Å². The molecule has 2 heterocycles. The van der Waals surface area contributed by atoms with Crippen LogP contribution in [0.15, 0.2) is 48.5 Å². The Bertz CT molecular complexity index is 1050. The summed E-state index contributed by atoms with van der Waals surface area (Å²) in [6.07, 6.45) is 0.993. The summed E-state index contributed by atoms with van der Waals surface area (Å²) >= 11 is 0. The van der Waals surface area contributed by atoms with Crippen molar-refractivity contribution in [2.45, 2.75) is 6.42 Å². The summed E-state index contributed by atoms with van der Waals surface area (Å²) in [5, 5.41) is 3.35. The van der Waals surface area contributed by atoms with Crippen LogP contribution in [0.2, 0.25) is 0 Å². The molecule has 0 atom stereocenters. The molecule has 4 rings (SSSR count). The average Bonchev–Trinajstić information content (AvgIpc) is 3.25. The van der Waals surface area contributed by atoms with E-state index in [9.17, 15) is 4.79 Å². The lowest BCUT2D eigenvalue weighted by molar-refractivity contribution is 0.103. The maximum Gasteiger partial charge on any atom is 0.211 e. The molecule has 0 spiro atoms. The number of carbonyl (C=O) groups excluding carboxylic acids is 1. The summed E-state index contributed by atoms with van der Waals surface area (Å²) in [6, 6.07) is 15.0. The van der Waals surface area contributed by atoms with Crippen molar-refractivity contribution in [1.82, 2.24) is 4.98 Å². The van der Waals surface area contributed by atoms with Gasteiger partial charge in [0.2, 0.25) is 11.5 Å². The SMILES string of the molecule is COc1cc(C(=O)c2cccc(-c3ccc4c(c3)CCN4)n2)cc(OC)c1OC. The lowest BCUT2D eigenvalue weighted by atomic mass is 10.0. The number of aromatic nitrogens is 1. The molecule has 0 radical (unpaired) electrons. The third-order valence-corrected chi connectivity index (χ3v) is 5.02. The Balaban J connectivity index is 1.71. The van der Waals surface area contributed by atoms with Gasteiger partial charge in [-0.05, 0) is 48.4 Å². The van der Waals surface area contributed by atoms with E-state index in [4.69, 9.17) is 14.2 Å². The highest BCUT2D eigenvalue weighted by molar-refractivity contribution is 6.08.